The van der Waals surface area contributed by atoms with Crippen molar-refractivity contribution in [1.29, 1.82) is 0 Å². The molecule has 0 spiro atoms. The van der Waals surface area contributed by atoms with E-state index in [2.05, 4.69) is 10.4 Å². The van der Waals surface area contributed by atoms with Gasteiger partial charge in [-0.2, -0.15) is 5.10 Å². The Balaban J connectivity index is 2.25. The van der Waals surface area contributed by atoms with Crippen molar-refractivity contribution in [2.75, 3.05) is 0 Å². The van der Waals surface area contributed by atoms with Gasteiger partial charge in [0.25, 0.3) is 5.91 Å². The number of benzene rings is 1. The average molecular weight is 302 g/mol. The molecule has 0 saturated heterocycles. The first-order valence-corrected chi connectivity index (χ1v) is 7.01. The van der Waals surface area contributed by atoms with E-state index in [1.165, 1.54) is 18.2 Å². The number of ketones is 1. The quantitative estimate of drug-likeness (QED) is 0.383. The van der Waals surface area contributed by atoms with Gasteiger partial charge in [0.15, 0.2) is 5.78 Å². The number of nitrogens with zero attached hydrogens (tertiary/aromatic N) is 2. The first-order valence-electron chi connectivity index (χ1n) is 7.01. The van der Waals surface area contributed by atoms with Crippen molar-refractivity contribution in [3.8, 4) is 0 Å². The minimum absolute atomic E-state index is 0.0282. The number of aromatic nitrogens is 1. The second-order valence-corrected chi connectivity index (χ2v) is 5.17. The predicted octanol–water partition coefficient (Wildman–Crippen LogP) is 1.78. The van der Waals surface area contributed by atoms with Gasteiger partial charge in [0, 0.05) is 23.9 Å². The van der Waals surface area contributed by atoms with E-state index >= 15 is 0 Å². The van der Waals surface area contributed by atoms with Gasteiger partial charge in [-0.1, -0.05) is 0 Å². The molecule has 2 heterocycles. The molecule has 114 valence electrons. The number of Topliss-reactive ketones (excluding diaryl/α,β-unsaturated/α-hetero) is 1. The monoisotopic (exact) mass is 302 g/mol. The van der Waals surface area contributed by atoms with Gasteiger partial charge in [0.05, 0.1) is 5.52 Å². The number of halogens is 1. The number of aryl methyl sites for hydroxylation is 1. The molecule has 2 aromatic rings. The van der Waals surface area contributed by atoms with Crippen LogP contribution in [0.5, 0.6) is 0 Å². The third-order valence-corrected chi connectivity index (χ3v) is 3.84. The minimum atomic E-state index is -0.451. The summed E-state index contributed by atoms with van der Waals surface area (Å²) < 4.78 is 15.8. The third-order valence-electron chi connectivity index (χ3n) is 3.84. The third kappa shape index (κ3) is 2.24. The summed E-state index contributed by atoms with van der Waals surface area (Å²) in [6.45, 7) is 0.551. The molecule has 0 atom stereocenters. The molecule has 0 aliphatic carbocycles. The molecule has 22 heavy (non-hydrogen) atoms. The zero-order valence-electron chi connectivity index (χ0n) is 11.8. The number of hydrogen-bond acceptors (Lipinski definition) is 4. The number of hydrazone groups is 1. The van der Waals surface area contributed by atoms with Crippen LogP contribution in [0.15, 0.2) is 23.3 Å². The van der Waals surface area contributed by atoms with Crippen LogP contribution in [0.2, 0.25) is 0 Å². The molecule has 6 nitrogen and oxygen atoms in total. The van der Waals surface area contributed by atoms with Crippen LogP contribution >= 0.6 is 0 Å². The van der Waals surface area contributed by atoms with Crippen molar-refractivity contribution in [2.45, 2.75) is 25.8 Å². The van der Waals surface area contributed by atoms with Gasteiger partial charge in [-0.3, -0.25) is 9.59 Å². The fourth-order valence-electron chi connectivity index (χ4n) is 2.85. The van der Waals surface area contributed by atoms with Gasteiger partial charge in [-0.25, -0.2) is 4.39 Å². The normalized spacial score (nSPS) is 15.0. The number of nitrogens with one attached hydrogen (secondary N) is 1. The maximum atomic E-state index is 14.1. The Bertz CT molecular complexity index is 794. The maximum Gasteiger partial charge on any atom is 0.273 e. The van der Waals surface area contributed by atoms with Crippen LogP contribution < -0.4 is 11.2 Å². The molecule has 1 aromatic heterocycles. The fraction of sp³-hybridized carbons (Fsp3) is 0.267. The zero-order valence-corrected chi connectivity index (χ0v) is 11.8. The molecule has 0 saturated carbocycles. The molecule has 0 fully saturated rings. The van der Waals surface area contributed by atoms with E-state index in [1.807, 2.05) is 0 Å². The number of carbonyl (C=O) groups is 2. The van der Waals surface area contributed by atoms with Gasteiger partial charge >= 0.3 is 0 Å². The van der Waals surface area contributed by atoms with Gasteiger partial charge in [0.2, 0.25) is 0 Å². The van der Waals surface area contributed by atoms with Gasteiger partial charge in [-0.15, -0.1) is 0 Å². The lowest BCUT2D eigenvalue weighted by atomic mass is 10.0. The van der Waals surface area contributed by atoms with Crippen molar-refractivity contribution >= 4 is 28.9 Å². The Morgan fingerprint density at radius 2 is 2.23 bits per heavy atom. The fourth-order valence-corrected chi connectivity index (χ4v) is 2.85. The highest BCUT2D eigenvalue weighted by molar-refractivity contribution is 6.10. The summed E-state index contributed by atoms with van der Waals surface area (Å²) >= 11 is 0. The van der Waals surface area contributed by atoms with Crippen molar-refractivity contribution in [2.24, 2.45) is 10.9 Å². The highest BCUT2D eigenvalue weighted by Crippen LogP contribution is 2.29. The van der Waals surface area contributed by atoms with Crippen molar-refractivity contribution in [1.82, 2.24) is 9.88 Å². The molecule has 7 heteroatoms. The molecule has 0 radical (unpaired) electrons. The summed E-state index contributed by atoms with van der Waals surface area (Å²) in [6, 6.07) is 4.22. The van der Waals surface area contributed by atoms with Crippen molar-refractivity contribution < 1.29 is 14.0 Å². The minimum Gasteiger partial charge on any atom is -0.336 e. The number of rotatable bonds is 2. The Morgan fingerprint density at radius 1 is 1.41 bits per heavy atom. The van der Waals surface area contributed by atoms with E-state index in [0.29, 0.717) is 24.0 Å². The smallest absolute Gasteiger partial charge is 0.273 e. The number of amides is 1. The Morgan fingerprint density at radius 3 is 3.00 bits per heavy atom. The molecule has 1 amide bonds. The molecular formula is C15H15FN4O2. The van der Waals surface area contributed by atoms with E-state index < -0.39 is 11.7 Å². The average Bonchev–Trinajstić information content (AvgIpc) is 2.88. The van der Waals surface area contributed by atoms with E-state index in [9.17, 15) is 14.0 Å². The van der Waals surface area contributed by atoms with E-state index in [0.717, 1.165) is 19.2 Å². The first kappa shape index (κ1) is 14.2. The SMILES string of the molecule is NN=CNC(=O)c1cc2c(F)ccc3c2n1CCCCC3=O. The van der Waals surface area contributed by atoms with Crippen LogP contribution in [0, 0.1) is 5.82 Å². The first-order chi connectivity index (χ1) is 10.6. The lowest BCUT2D eigenvalue weighted by molar-refractivity contribution is 0.0958. The predicted molar refractivity (Wildman–Crippen MR) is 80.2 cm³/mol. The van der Waals surface area contributed by atoms with E-state index in [1.54, 1.807) is 4.57 Å². The van der Waals surface area contributed by atoms with Gasteiger partial charge < -0.3 is 15.7 Å². The summed E-state index contributed by atoms with van der Waals surface area (Å²) in [5.74, 6) is 4.05. The molecule has 1 aliphatic heterocycles. The van der Waals surface area contributed by atoms with Crippen LogP contribution in [0.3, 0.4) is 0 Å². The Hall–Kier alpha value is -2.70. The molecule has 3 N–H and O–H groups in total. The van der Waals surface area contributed by atoms with Crippen LogP contribution in [-0.2, 0) is 6.54 Å². The second-order valence-electron chi connectivity index (χ2n) is 5.17. The number of carbonyl (C=O) groups excluding carboxylic acids is 2. The van der Waals surface area contributed by atoms with Crippen molar-refractivity contribution in [3.05, 3.63) is 35.3 Å². The topological polar surface area (TPSA) is 89.5 Å². The van der Waals surface area contributed by atoms with Crippen molar-refractivity contribution in [3.63, 3.8) is 0 Å². The van der Waals surface area contributed by atoms with E-state index in [-0.39, 0.29) is 16.9 Å². The summed E-state index contributed by atoms with van der Waals surface area (Å²) in [5.41, 5.74) is 1.23. The summed E-state index contributed by atoms with van der Waals surface area (Å²) in [6.07, 6.45) is 2.99. The van der Waals surface area contributed by atoms with E-state index in [4.69, 9.17) is 5.84 Å². The van der Waals surface area contributed by atoms with Crippen LogP contribution in [0.25, 0.3) is 10.9 Å². The highest BCUT2D eigenvalue weighted by Gasteiger charge is 2.23. The summed E-state index contributed by atoms with van der Waals surface area (Å²) in [4.78, 5) is 24.4. The molecular weight excluding hydrogens is 287 g/mol. The Labute approximate surface area is 125 Å². The van der Waals surface area contributed by atoms with Gasteiger partial charge in [-0.05, 0) is 31.0 Å². The van der Waals surface area contributed by atoms with Crippen LogP contribution in [-0.4, -0.2) is 22.6 Å². The molecule has 0 unspecified atom stereocenters. The van der Waals surface area contributed by atoms with Crippen LogP contribution in [0.1, 0.15) is 40.1 Å². The molecule has 1 aliphatic rings. The highest BCUT2D eigenvalue weighted by atomic mass is 19.1. The number of hydrogen-bond donors (Lipinski definition) is 2. The zero-order chi connectivity index (χ0) is 15.7. The lowest BCUT2D eigenvalue weighted by Gasteiger charge is -2.15. The largest absolute Gasteiger partial charge is 0.336 e. The second kappa shape index (κ2) is 5.59. The molecule has 3 rings (SSSR count). The summed E-state index contributed by atoms with van der Waals surface area (Å²) in [5, 5.41) is 5.90. The van der Waals surface area contributed by atoms with Crippen LogP contribution in [0.4, 0.5) is 4.39 Å². The molecule has 0 bridgehead atoms. The number of nitrogens with two attached hydrogens (primary N) is 1. The summed E-state index contributed by atoms with van der Waals surface area (Å²) in [7, 11) is 0. The maximum absolute atomic E-state index is 14.1. The standard InChI is InChI=1S/C15H15FN4O2/c16-11-5-4-9-13(21)3-1-2-6-20-12(7-10(11)14(9)20)15(22)18-8-19-17/h4-5,7-8H,1-3,6,17H2,(H,18,19,22). The molecule has 1 aromatic carbocycles. The lowest BCUT2D eigenvalue weighted by Crippen LogP contribution is -2.25. The van der Waals surface area contributed by atoms with Gasteiger partial charge in [0.1, 0.15) is 17.8 Å². The Kier molecular flexibility index (Phi) is 3.62.